The third kappa shape index (κ3) is 1.91. The minimum Gasteiger partial charge on any atom is -0.362 e. The number of nitrogens with two attached hydrogens (primary N) is 1. The fourth-order valence-corrected chi connectivity index (χ4v) is 0.378. The van der Waals surface area contributed by atoms with Crippen molar-refractivity contribution in [1.82, 2.24) is 0 Å². The highest BCUT2D eigenvalue weighted by Crippen LogP contribution is 2.14. The fourth-order valence-electron chi connectivity index (χ4n) is 0.378. The topological polar surface area (TPSA) is 75.7 Å². The highest BCUT2D eigenvalue weighted by molar-refractivity contribution is 4.69. The molecule has 0 bridgehead atoms. The van der Waals surface area contributed by atoms with Gasteiger partial charge in [0.1, 0.15) is 0 Å². The van der Waals surface area contributed by atoms with E-state index < -0.39 is 5.79 Å². The monoisotopic (exact) mass is 135 g/mol. The maximum atomic E-state index is 9.11. The van der Waals surface area contributed by atoms with Gasteiger partial charge in [0.05, 0.1) is 6.54 Å². The van der Waals surface area contributed by atoms with Crippen LogP contribution in [0.2, 0.25) is 0 Å². The molecule has 0 aliphatic rings. The van der Waals surface area contributed by atoms with E-state index in [1.54, 1.807) is 13.8 Å². The van der Waals surface area contributed by atoms with Gasteiger partial charge in [-0.2, -0.15) is 0 Å². The summed E-state index contributed by atoms with van der Waals surface area (Å²) in [4.78, 5) is 3.78. The summed E-state index contributed by atoms with van der Waals surface area (Å²) in [7, 11) is 0. The number of hydrogen-bond acceptors (Lipinski definition) is 4. The van der Waals surface area contributed by atoms with Crippen molar-refractivity contribution in [3.63, 3.8) is 0 Å². The van der Waals surface area contributed by atoms with Gasteiger partial charge in [0, 0.05) is 5.92 Å². The first-order chi connectivity index (χ1) is 4.06. The van der Waals surface area contributed by atoms with E-state index in [1.807, 2.05) is 0 Å². The van der Waals surface area contributed by atoms with Crippen molar-refractivity contribution in [1.29, 1.82) is 0 Å². The SMILES string of the molecule is CC(C)C(O)(CN)OO. The first kappa shape index (κ1) is 8.84. The van der Waals surface area contributed by atoms with E-state index in [0.717, 1.165) is 0 Å². The summed E-state index contributed by atoms with van der Waals surface area (Å²) in [5.41, 5.74) is 5.08. The van der Waals surface area contributed by atoms with Crippen LogP contribution in [0.1, 0.15) is 13.8 Å². The molecular weight excluding hydrogens is 122 g/mol. The summed E-state index contributed by atoms with van der Waals surface area (Å²) in [5.74, 6) is -1.80. The van der Waals surface area contributed by atoms with E-state index in [-0.39, 0.29) is 12.5 Å². The van der Waals surface area contributed by atoms with E-state index in [0.29, 0.717) is 0 Å². The Balaban J connectivity index is 3.92. The molecule has 0 fully saturated rings. The Hall–Kier alpha value is -0.160. The molecule has 0 aliphatic carbocycles. The average Bonchev–Trinajstić information content (AvgIpc) is 1.86. The van der Waals surface area contributed by atoms with Crippen LogP contribution in [0.15, 0.2) is 0 Å². The summed E-state index contributed by atoms with van der Waals surface area (Å²) in [5, 5.41) is 17.2. The van der Waals surface area contributed by atoms with E-state index in [9.17, 15) is 0 Å². The smallest absolute Gasteiger partial charge is 0.213 e. The molecule has 1 atom stereocenters. The van der Waals surface area contributed by atoms with Crippen molar-refractivity contribution >= 4 is 0 Å². The Morgan fingerprint density at radius 2 is 2.11 bits per heavy atom. The van der Waals surface area contributed by atoms with Crippen molar-refractivity contribution in [2.75, 3.05) is 6.54 Å². The molecule has 0 saturated heterocycles. The van der Waals surface area contributed by atoms with Gasteiger partial charge in [0.2, 0.25) is 5.79 Å². The van der Waals surface area contributed by atoms with Crippen LogP contribution in [0.3, 0.4) is 0 Å². The predicted octanol–water partition coefficient (Wildman–Crippen LogP) is -0.221. The Kier molecular flexibility index (Phi) is 3.07. The van der Waals surface area contributed by atoms with Crippen LogP contribution in [0.5, 0.6) is 0 Å². The molecule has 0 amide bonds. The van der Waals surface area contributed by atoms with Crippen molar-refractivity contribution in [2.24, 2.45) is 11.7 Å². The van der Waals surface area contributed by atoms with Crippen molar-refractivity contribution in [3.05, 3.63) is 0 Å². The van der Waals surface area contributed by atoms with Gasteiger partial charge in [-0.05, 0) is 0 Å². The van der Waals surface area contributed by atoms with Gasteiger partial charge >= 0.3 is 0 Å². The van der Waals surface area contributed by atoms with Crippen LogP contribution in [0.4, 0.5) is 0 Å². The van der Waals surface area contributed by atoms with Gasteiger partial charge < -0.3 is 10.8 Å². The Morgan fingerprint density at radius 1 is 1.67 bits per heavy atom. The van der Waals surface area contributed by atoms with Gasteiger partial charge in [0.15, 0.2) is 0 Å². The molecule has 0 spiro atoms. The van der Waals surface area contributed by atoms with E-state index in [4.69, 9.17) is 16.1 Å². The first-order valence-electron chi connectivity index (χ1n) is 2.82. The van der Waals surface area contributed by atoms with Gasteiger partial charge in [-0.15, -0.1) is 0 Å². The zero-order valence-electron chi connectivity index (χ0n) is 5.66. The molecule has 56 valence electrons. The third-order valence-corrected chi connectivity index (χ3v) is 1.35. The lowest BCUT2D eigenvalue weighted by atomic mass is 10.0. The second-order valence-corrected chi connectivity index (χ2v) is 2.29. The molecule has 4 nitrogen and oxygen atoms in total. The fraction of sp³-hybridized carbons (Fsp3) is 1.00. The number of rotatable bonds is 3. The lowest BCUT2D eigenvalue weighted by Gasteiger charge is -2.25. The largest absolute Gasteiger partial charge is 0.362 e. The van der Waals surface area contributed by atoms with E-state index in [1.165, 1.54) is 0 Å². The van der Waals surface area contributed by atoms with E-state index >= 15 is 0 Å². The molecule has 0 aromatic carbocycles. The van der Waals surface area contributed by atoms with Gasteiger partial charge in [0.25, 0.3) is 0 Å². The lowest BCUT2D eigenvalue weighted by Crippen LogP contribution is -2.44. The second-order valence-electron chi connectivity index (χ2n) is 2.29. The van der Waals surface area contributed by atoms with Crippen LogP contribution >= 0.6 is 0 Å². The maximum absolute atomic E-state index is 9.11. The Labute approximate surface area is 54.2 Å². The summed E-state index contributed by atoms with van der Waals surface area (Å²) in [6, 6.07) is 0. The molecule has 0 heterocycles. The van der Waals surface area contributed by atoms with Crippen molar-refractivity contribution < 1.29 is 15.3 Å². The molecule has 0 aromatic heterocycles. The highest BCUT2D eigenvalue weighted by atomic mass is 17.1. The van der Waals surface area contributed by atoms with Crippen LogP contribution in [0.25, 0.3) is 0 Å². The zero-order chi connectivity index (χ0) is 7.49. The maximum Gasteiger partial charge on any atom is 0.213 e. The molecule has 9 heavy (non-hydrogen) atoms. The van der Waals surface area contributed by atoms with E-state index in [2.05, 4.69) is 4.89 Å². The molecule has 4 N–H and O–H groups in total. The van der Waals surface area contributed by atoms with Gasteiger partial charge in [-0.3, -0.25) is 0 Å². The first-order valence-corrected chi connectivity index (χ1v) is 2.82. The Morgan fingerprint density at radius 3 is 2.11 bits per heavy atom. The van der Waals surface area contributed by atoms with Gasteiger partial charge in [-0.1, -0.05) is 13.8 Å². The number of hydrogen-bond donors (Lipinski definition) is 3. The van der Waals surface area contributed by atoms with Crippen LogP contribution in [-0.4, -0.2) is 22.7 Å². The van der Waals surface area contributed by atoms with Gasteiger partial charge in [-0.25, -0.2) is 10.1 Å². The minimum absolute atomic E-state index is 0.110. The number of aliphatic hydroxyl groups is 1. The van der Waals surface area contributed by atoms with Crippen LogP contribution in [-0.2, 0) is 4.89 Å². The quantitative estimate of drug-likeness (QED) is 0.284. The van der Waals surface area contributed by atoms with Crippen LogP contribution in [0, 0.1) is 5.92 Å². The standard InChI is InChI=1S/C5H13NO3/c1-4(2)5(7,3-6)9-8/h4,7-8H,3,6H2,1-2H3. The third-order valence-electron chi connectivity index (χ3n) is 1.35. The molecular formula is C5H13NO3. The molecule has 4 heteroatoms. The zero-order valence-corrected chi connectivity index (χ0v) is 5.66. The molecule has 0 aromatic rings. The average molecular weight is 135 g/mol. The molecule has 0 aliphatic heterocycles. The summed E-state index contributed by atoms with van der Waals surface area (Å²) in [6.45, 7) is 3.29. The summed E-state index contributed by atoms with van der Waals surface area (Å²) >= 11 is 0. The molecule has 0 saturated carbocycles. The molecule has 0 rings (SSSR count). The summed E-state index contributed by atoms with van der Waals surface area (Å²) < 4.78 is 0. The molecule has 1 unspecified atom stereocenters. The Bertz CT molecular complexity index is 80.3. The van der Waals surface area contributed by atoms with Crippen molar-refractivity contribution in [2.45, 2.75) is 19.6 Å². The highest BCUT2D eigenvalue weighted by Gasteiger charge is 2.30. The minimum atomic E-state index is -1.58. The lowest BCUT2D eigenvalue weighted by molar-refractivity contribution is -0.401. The normalized spacial score (nSPS) is 18.0. The predicted molar refractivity (Wildman–Crippen MR) is 32.6 cm³/mol. The second kappa shape index (κ2) is 3.12. The summed E-state index contributed by atoms with van der Waals surface area (Å²) in [6.07, 6.45) is 0. The van der Waals surface area contributed by atoms with Crippen LogP contribution < -0.4 is 5.73 Å². The molecule has 0 radical (unpaired) electrons. The van der Waals surface area contributed by atoms with Crippen molar-refractivity contribution in [3.8, 4) is 0 Å².